The van der Waals surface area contributed by atoms with E-state index < -0.39 is 28.0 Å². The first-order valence-corrected chi connectivity index (χ1v) is 14.2. The monoisotopic (exact) mass is 529 g/mol. The molecule has 2 aliphatic rings. The van der Waals surface area contributed by atoms with Gasteiger partial charge in [-0.25, -0.2) is 0 Å². The van der Waals surface area contributed by atoms with Gasteiger partial charge < -0.3 is 9.64 Å². The molecular formula is C35H47NO3. The number of benzene rings is 2. The Balaban J connectivity index is 2.20. The van der Waals surface area contributed by atoms with Crippen LogP contribution in [0.5, 0.6) is 0 Å². The van der Waals surface area contributed by atoms with E-state index in [2.05, 4.69) is 62.3 Å². The number of rotatable bonds is 3. The molecule has 1 heterocycles. The number of hydrogen-bond acceptors (Lipinski definition) is 3. The molecule has 0 bridgehead atoms. The van der Waals surface area contributed by atoms with E-state index >= 15 is 0 Å². The molecule has 0 N–H and O–H groups in total. The largest absolute Gasteiger partial charge is 0.459 e. The number of hydrogen-bond donors (Lipinski definition) is 0. The minimum absolute atomic E-state index is 0.0618. The van der Waals surface area contributed by atoms with Gasteiger partial charge in [0.05, 0.1) is 11.6 Å². The lowest BCUT2D eigenvalue weighted by molar-refractivity contribution is -0.252. The maximum atomic E-state index is 14.9. The van der Waals surface area contributed by atoms with Gasteiger partial charge in [-0.2, -0.15) is 0 Å². The Morgan fingerprint density at radius 2 is 1.15 bits per heavy atom. The maximum absolute atomic E-state index is 14.9. The molecule has 2 aromatic rings. The molecule has 0 unspecified atom stereocenters. The molecule has 0 radical (unpaired) electrons. The quantitative estimate of drug-likeness (QED) is 0.296. The van der Waals surface area contributed by atoms with Crippen molar-refractivity contribution in [1.29, 1.82) is 0 Å². The van der Waals surface area contributed by atoms with Crippen LogP contribution in [0.3, 0.4) is 0 Å². The van der Waals surface area contributed by atoms with Crippen molar-refractivity contribution in [3.05, 3.63) is 82.9 Å². The summed E-state index contributed by atoms with van der Waals surface area (Å²) in [5.74, 6) is -0.304. The summed E-state index contributed by atoms with van der Waals surface area (Å²) >= 11 is 0. The molecule has 1 fully saturated rings. The van der Waals surface area contributed by atoms with Gasteiger partial charge >= 0.3 is 5.97 Å². The second-order valence-corrected chi connectivity index (χ2v) is 15.4. The Hall–Kier alpha value is -2.88. The number of fused-ring (bicyclic) bond motifs is 1. The predicted octanol–water partition coefficient (Wildman–Crippen LogP) is 8.40. The average Bonchev–Trinajstić information content (AvgIpc) is 2.76. The van der Waals surface area contributed by atoms with Gasteiger partial charge in [-0.05, 0) is 65.9 Å². The topological polar surface area (TPSA) is 46.6 Å². The zero-order valence-corrected chi connectivity index (χ0v) is 26.0. The first kappa shape index (κ1) is 29.1. The van der Waals surface area contributed by atoms with Crippen molar-refractivity contribution in [1.82, 2.24) is 4.90 Å². The molecule has 1 saturated heterocycles. The molecule has 1 aliphatic heterocycles. The van der Waals surface area contributed by atoms with Gasteiger partial charge in [0.25, 0.3) is 5.91 Å². The SMILES string of the molecule is CC(C)(C)OC(=O)[C@]12C(C(C)(C)C)=C(C(C)(C)C)[C@@]1(C(C)(C)C)N(C(=O)c1ccccc1)[C@H]2c1ccccc1. The number of carbonyl (C=O) groups excluding carboxylic acids is 2. The van der Waals surface area contributed by atoms with E-state index in [1.54, 1.807) is 0 Å². The molecular weight excluding hydrogens is 482 g/mol. The average molecular weight is 530 g/mol. The molecule has 0 spiro atoms. The lowest BCUT2D eigenvalue weighted by Gasteiger charge is -2.83. The standard InChI is InChI=1S/C35H47NO3/c1-30(2,3)25-26(31(4,5)6)35(32(7,8)9)34(25,29(38)39-33(10,11)12)27(23-19-15-13-16-20-23)36(35)28(37)24-21-17-14-18-22-24/h13-22,27H,1-12H3/t27-,34+,35-/m0/s1. The van der Waals surface area contributed by atoms with Crippen LogP contribution in [-0.2, 0) is 9.53 Å². The first-order chi connectivity index (χ1) is 17.7. The van der Waals surface area contributed by atoms with E-state index in [-0.39, 0.29) is 22.7 Å². The van der Waals surface area contributed by atoms with Crippen molar-refractivity contribution in [3.63, 3.8) is 0 Å². The lowest BCUT2D eigenvalue weighted by Crippen LogP contribution is -2.91. The fourth-order valence-corrected chi connectivity index (χ4v) is 7.62. The Kier molecular flexibility index (Phi) is 6.58. The van der Waals surface area contributed by atoms with Crippen molar-refractivity contribution in [2.24, 2.45) is 21.7 Å². The van der Waals surface area contributed by atoms with E-state index in [9.17, 15) is 9.59 Å². The Bertz CT molecular complexity index is 1300. The van der Waals surface area contributed by atoms with Crippen molar-refractivity contribution >= 4 is 11.9 Å². The van der Waals surface area contributed by atoms with E-state index in [0.717, 1.165) is 11.1 Å². The minimum Gasteiger partial charge on any atom is -0.459 e. The summed E-state index contributed by atoms with van der Waals surface area (Å²) in [6.07, 6.45) is 0. The van der Waals surface area contributed by atoms with Gasteiger partial charge in [0.2, 0.25) is 0 Å². The number of ether oxygens (including phenoxy) is 1. The second kappa shape index (κ2) is 8.81. The van der Waals surface area contributed by atoms with Crippen LogP contribution < -0.4 is 0 Å². The fraction of sp³-hybridized carbons (Fsp3) is 0.543. The third-order valence-corrected chi connectivity index (χ3v) is 8.27. The summed E-state index contributed by atoms with van der Waals surface area (Å²) in [7, 11) is 0. The summed E-state index contributed by atoms with van der Waals surface area (Å²) in [6.45, 7) is 25.5. The minimum atomic E-state index is -1.04. The molecule has 1 amide bonds. The van der Waals surface area contributed by atoms with Gasteiger partial charge in [0.1, 0.15) is 11.0 Å². The molecule has 4 nitrogen and oxygen atoms in total. The molecule has 0 saturated carbocycles. The number of likely N-dealkylation sites (tertiary alicyclic amines) is 1. The highest BCUT2D eigenvalue weighted by atomic mass is 16.6. The number of esters is 1. The molecule has 4 rings (SSSR count). The van der Waals surface area contributed by atoms with E-state index in [0.29, 0.717) is 5.56 Å². The van der Waals surface area contributed by atoms with Crippen LogP contribution in [0, 0.1) is 21.7 Å². The molecule has 2 aromatic carbocycles. The van der Waals surface area contributed by atoms with Crippen molar-refractivity contribution < 1.29 is 14.3 Å². The lowest BCUT2D eigenvalue weighted by atomic mass is 9.29. The van der Waals surface area contributed by atoms with Crippen LogP contribution in [-0.4, -0.2) is 27.9 Å². The van der Waals surface area contributed by atoms with Crippen LogP contribution >= 0.6 is 0 Å². The van der Waals surface area contributed by atoms with E-state index in [1.807, 2.05) is 86.3 Å². The van der Waals surface area contributed by atoms with Crippen molar-refractivity contribution in [3.8, 4) is 0 Å². The summed E-state index contributed by atoms with van der Waals surface area (Å²) in [4.78, 5) is 31.6. The summed E-state index contributed by atoms with van der Waals surface area (Å²) in [6, 6.07) is 19.0. The third kappa shape index (κ3) is 4.00. The van der Waals surface area contributed by atoms with Crippen LogP contribution in [0.25, 0.3) is 0 Å². The molecule has 1 aliphatic carbocycles. The molecule has 0 aromatic heterocycles. The van der Waals surface area contributed by atoms with Gasteiger partial charge in [0, 0.05) is 5.56 Å². The highest BCUT2D eigenvalue weighted by Crippen LogP contribution is 2.83. The predicted molar refractivity (Wildman–Crippen MR) is 158 cm³/mol. The van der Waals surface area contributed by atoms with E-state index in [4.69, 9.17) is 4.74 Å². The van der Waals surface area contributed by atoms with Gasteiger partial charge in [-0.1, -0.05) is 111 Å². The zero-order chi connectivity index (χ0) is 29.4. The Labute approximate surface area is 235 Å². The van der Waals surface area contributed by atoms with Gasteiger partial charge in [0.15, 0.2) is 0 Å². The molecule has 3 atom stereocenters. The fourth-order valence-electron chi connectivity index (χ4n) is 7.62. The first-order valence-electron chi connectivity index (χ1n) is 14.2. The van der Waals surface area contributed by atoms with Crippen LogP contribution in [0.2, 0.25) is 0 Å². The third-order valence-electron chi connectivity index (χ3n) is 8.27. The number of amides is 1. The van der Waals surface area contributed by atoms with Crippen molar-refractivity contribution in [2.45, 2.75) is 100 Å². The van der Waals surface area contributed by atoms with Crippen LogP contribution in [0.1, 0.15) is 105 Å². The number of nitrogens with zero attached hydrogens (tertiary/aromatic N) is 1. The highest BCUT2D eigenvalue weighted by Gasteiger charge is 2.89. The Morgan fingerprint density at radius 3 is 1.56 bits per heavy atom. The molecule has 210 valence electrons. The van der Waals surface area contributed by atoms with Gasteiger partial charge in [-0.3, -0.25) is 9.59 Å². The van der Waals surface area contributed by atoms with Crippen LogP contribution in [0.15, 0.2) is 71.8 Å². The maximum Gasteiger partial charge on any atom is 0.322 e. The van der Waals surface area contributed by atoms with Crippen LogP contribution in [0.4, 0.5) is 0 Å². The highest BCUT2D eigenvalue weighted by molar-refractivity contribution is 6.03. The molecule has 39 heavy (non-hydrogen) atoms. The summed E-state index contributed by atoms with van der Waals surface area (Å²) in [5.41, 5.74) is 0.163. The normalized spacial score (nSPS) is 25.4. The van der Waals surface area contributed by atoms with Crippen molar-refractivity contribution in [2.75, 3.05) is 0 Å². The number of carbonyl (C=O) groups is 2. The summed E-state index contributed by atoms with van der Waals surface area (Å²) < 4.78 is 6.35. The second-order valence-electron chi connectivity index (χ2n) is 15.4. The zero-order valence-electron chi connectivity index (χ0n) is 26.0. The Morgan fingerprint density at radius 1 is 0.692 bits per heavy atom. The molecule has 4 heteroatoms. The smallest absolute Gasteiger partial charge is 0.322 e. The van der Waals surface area contributed by atoms with E-state index in [1.165, 1.54) is 5.57 Å². The summed E-state index contributed by atoms with van der Waals surface area (Å²) in [5, 5.41) is 0. The van der Waals surface area contributed by atoms with Gasteiger partial charge in [-0.15, -0.1) is 0 Å².